The van der Waals surface area contributed by atoms with Crippen LogP contribution in [0.2, 0.25) is 0 Å². The molecule has 3 nitrogen and oxygen atoms in total. The van der Waals surface area contributed by atoms with E-state index in [0.29, 0.717) is 5.56 Å². The third-order valence-electron chi connectivity index (χ3n) is 3.62. The van der Waals surface area contributed by atoms with Crippen LogP contribution in [0, 0.1) is 5.82 Å². The van der Waals surface area contributed by atoms with E-state index in [2.05, 4.69) is 21.2 Å². The molecule has 1 N–H and O–H groups in total. The average molecular weight is 316 g/mol. The number of ether oxygens (including phenoxy) is 1. The van der Waals surface area contributed by atoms with Gasteiger partial charge in [-0.05, 0) is 39.0 Å². The first-order valence-electron chi connectivity index (χ1n) is 5.67. The topological polar surface area (TPSA) is 38.3 Å². The second kappa shape index (κ2) is 4.31. The van der Waals surface area contributed by atoms with Gasteiger partial charge in [0.05, 0.1) is 11.1 Å². The number of amides is 1. The Kier molecular flexibility index (Phi) is 3.23. The summed E-state index contributed by atoms with van der Waals surface area (Å²) < 4.78 is 20.4. The fraction of sp³-hybridized carbons (Fsp3) is 0.462. The number of rotatable bonds is 1. The lowest BCUT2D eigenvalue weighted by Gasteiger charge is -2.48. The van der Waals surface area contributed by atoms with Crippen molar-refractivity contribution in [3.05, 3.63) is 34.1 Å². The number of halogens is 2. The molecular weight excluding hydrogens is 301 g/mol. The highest BCUT2D eigenvalue weighted by Gasteiger charge is 2.49. The maximum absolute atomic E-state index is 14.0. The van der Waals surface area contributed by atoms with Crippen molar-refractivity contribution in [2.24, 2.45) is 0 Å². The zero-order valence-electron chi connectivity index (χ0n) is 10.5. The summed E-state index contributed by atoms with van der Waals surface area (Å²) in [5.41, 5.74) is -1.19. The molecular formula is C13H15BrFNO2. The monoisotopic (exact) mass is 315 g/mol. The number of carbonyl (C=O) groups excluding carboxylic acids is 1. The number of morpholine rings is 1. The highest BCUT2D eigenvalue weighted by Crippen LogP contribution is 2.39. The van der Waals surface area contributed by atoms with E-state index in [0.717, 1.165) is 4.47 Å². The van der Waals surface area contributed by atoms with Crippen LogP contribution in [-0.2, 0) is 15.1 Å². The average Bonchev–Trinajstić information content (AvgIpc) is 2.28. The first-order valence-corrected chi connectivity index (χ1v) is 6.46. The van der Waals surface area contributed by atoms with Gasteiger partial charge in [0, 0.05) is 10.0 Å². The smallest absolute Gasteiger partial charge is 0.246 e. The Bertz CT molecular complexity index is 504. The minimum absolute atomic E-state index is 0.00177. The van der Waals surface area contributed by atoms with Crippen molar-refractivity contribution in [1.29, 1.82) is 0 Å². The molecule has 0 aromatic heterocycles. The Labute approximate surface area is 114 Å². The van der Waals surface area contributed by atoms with Gasteiger partial charge in [-0.2, -0.15) is 0 Å². The summed E-state index contributed by atoms with van der Waals surface area (Å²) in [5, 5.41) is 2.84. The molecule has 0 bridgehead atoms. The Morgan fingerprint density at radius 3 is 2.72 bits per heavy atom. The van der Waals surface area contributed by atoms with Crippen LogP contribution >= 0.6 is 15.9 Å². The maximum Gasteiger partial charge on any atom is 0.246 e. The van der Waals surface area contributed by atoms with Gasteiger partial charge in [-0.15, -0.1) is 0 Å². The summed E-state index contributed by atoms with van der Waals surface area (Å²) in [7, 11) is 0. The fourth-order valence-corrected chi connectivity index (χ4v) is 2.49. The number of nitrogens with one attached hydrogen (secondary N) is 1. The highest BCUT2D eigenvalue weighted by atomic mass is 79.9. The van der Waals surface area contributed by atoms with Gasteiger partial charge in [0.15, 0.2) is 0 Å². The van der Waals surface area contributed by atoms with Crippen molar-refractivity contribution in [3.63, 3.8) is 0 Å². The molecule has 1 aliphatic rings. The Morgan fingerprint density at radius 1 is 1.39 bits per heavy atom. The molecule has 5 heteroatoms. The molecule has 1 amide bonds. The van der Waals surface area contributed by atoms with E-state index in [1.165, 1.54) is 6.07 Å². The zero-order chi connectivity index (χ0) is 13.6. The van der Waals surface area contributed by atoms with E-state index in [9.17, 15) is 9.18 Å². The van der Waals surface area contributed by atoms with Crippen molar-refractivity contribution in [3.8, 4) is 0 Å². The highest BCUT2D eigenvalue weighted by molar-refractivity contribution is 9.10. The van der Waals surface area contributed by atoms with Gasteiger partial charge >= 0.3 is 0 Å². The van der Waals surface area contributed by atoms with E-state index in [1.54, 1.807) is 19.1 Å². The van der Waals surface area contributed by atoms with E-state index in [1.807, 2.05) is 13.8 Å². The Balaban J connectivity index is 2.57. The number of hydrogen-bond donors (Lipinski definition) is 1. The van der Waals surface area contributed by atoms with E-state index < -0.39 is 11.1 Å². The molecule has 18 heavy (non-hydrogen) atoms. The van der Waals surface area contributed by atoms with Crippen molar-refractivity contribution in [1.82, 2.24) is 5.32 Å². The maximum atomic E-state index is 14.0. The second-order valence-corrected chi connectivity index (χ2v) is 6.01. The quantitative estimate of drug-likeness (QED) is 0.865. The van der Waals surface area contributed by atoms with Crippen molar-refractivity contribution >= 4 is 21.8 Å². The second-order valence-electron chi connectivity index (χ2n) is 5.10. The third kappa shape index (κ3) is 2.06. The SMILES string of the molecule is CC1(C)OCC(=O)N[C@]1(C)c1cc(Br)ccc1F. The predicted octanol–water partition coefficient (Wildman–Crippen LogP) is 2.73. The van der Waals surface area contributed by atoms with Gasteiger partial charge in [0.25, 0.3) is 0 Å². The normalized spacial score (nSPS) is 26.8. The van der Waals surface area contributed by atoms with Crippen LogP contribution in [0.1, 0.15) is 26.3 Å². The molecule has 0 spiro atoms. The minimum Gasteiger partial charge on any atom is -0.363 e. The van der Waals surface area contributed by atoms with E-state index in [-0.39, 0.29) is 18.3 Å². The first-order chi connectivity index (χ1) is 8.26. The van der Waals surface area contributed by atoms with Crippen LogP contribution < -0.4 is 5.32 Å². The van der Waals surface area contributed by atoms with Crippen LogP contribution in [0.3, 0.4) is 0 Å². The minimum atomic E-state index is -0.907. The molecule has 1 fully saturated rings. The van der Waals surface area contributed by atoms with Crippen LogP contribution in [0.25, 0.3) is 0 Å². The lowest BCUT2D eigenvalue weighted by molar-refractivity contribution is -0.159. The van der Waals surface area contributed by atoms with Crippen LogP contribution in [0.5, 0.6) is 0 Å². The molecule has 1 aromatic rings. The summed E-state index contributed by atoms with van der Waals surface area (Å²) in [6, 6.07) is 4.67. The van der Waals surface area contributed by atoms with Crippen LogP contribution in [0.15, 0.2) is 22.7 Å². The molecule has 98 valence electrons. The predicted molar refractivity (Wildman–Crippen MR) is 69.6 cm³/mol. The van der Waals surface area contributed by atoms with Crippen molar-refractivity contribution < 1.29 is 13.9 Å². The molecule has 1 aliphatic heterocycles. The summed E-state index contributed by atoms with van der Waals surface area (Å²) in [5.74, 6) is -0.601. The van der Waals surface area contributed by atoms with Gasteiger partial charge in [0.1, 0.15) is 12.4 Å². The van der Waals surface area contributed by atoms with Crippen LogP contribution in [-0.4, -0.2) is 18.1 Å². The van der Waals surface area contributed by atoms with E-state index in [4.69, 9.17) is 4.74 Å². The summed E-state index contributed by atoms with van der Waals surface area (Å²) in [6.07, 6.45) is 0. The first kappa shape index (κ1) is 13.5. The molecule has 1 atom stereocenters. The lowest BCUT2D eigenvalue weighted by atomic mass is 9.76. The number of carbonyl (C=O) groups is 1. The van der Waals surface area contributed by atoms with Gasteiger partial charge in [-0.3, -0.25) is 4.79 Å². The zero-order valence-corrected chi connectivity index (χ0v) is 12.1. The molecule has 1 saturated heterocycles. The Hall–Kier alpha value is -0.940. The number of benzene rings is 1. The standard InChI is InChI=1S/C13H15BrFNO2/c1-12(2)13(3,16-11(17)7-18-12)9-6-8(14)4-5-10(9)15/h4-6H,7H2,1-3H3,(H,16,17)/t13-/m1/s1. The number of hydrogen-bond acceptors (Lipinski definition) is 2. The molecule has 0 radical (unpaired) electrons. The van der Waals surface area contributed by atoms with Gasteiger partial charge in [-0.25, -0.2) is 4.39 Å². The largest absolute Gasteiger partial charge is 0.363 e. The van der Waals surface area contributed by atoms with Crippen molar-refractivity contribution in [2.75, 3.05) is 6.61 Å². The van der Waals surface area contributed by atoms with Crippen LogP contribution in [0.4, 0.5) is 4.39 Å². The molecule has 1 heterocycles. The lowest BCUT2D eigenvalue weighted by Crippen LogP contribution is -2.64. The molecule has 0 unspecified atom stereocenters. The van der Waals surface area contributed by atoms with Gasteiger partial charge in [0.2, 0.25) is 5.91 Å². The van der Waals surface area contributed by atoms with Gasteiger partial charge < -0.3 is 10.1 Å². The fourth-order valence-electron chi connectivity index (χ4n) is 2.13. The van der Waals surface area contributed by atoms with Gasteiger partial charge in [-0.1, -0.05) is 15.9 Å². The molecule has 0 aliphatic carbocycles. The molecule has 2 rings (SSSR count). The summed E-state index contributed by atoms with van der Waals surface area (Å²) in [4.78, 5) is 11.6. The van der Waals surface area contributed by atoms with Crippen molar-refractivity contribution in [2.45, 2.75) is 31.9 Å². The summed E-state index contributed by atoms with van der Waals surface area (Å²) >= 11 is 3.32. The summed E-state index contributed by atoms with van der Waals surface area (Å²) in [6.45, 7) is 5.45. The Morgan fingerprint density at radius 2 is 2.06 bits per heavy atom. The molecule has 0 saturated carbocycles. The van der Waals surface area contributed by atoms with E-state index >= 15 is 0 Å². The molecule has 1 aromatic carbocycles. The third-order valence-corrected chi connectivity index (χ3v) is 4.12.